The Hall–Kier alpha value is -1.78. The van der Waals surface area contributed by atoms with Crippen LogP contribution in [0.2, 0.25) is 0 Å². The number of nitrogens with one attached hydrogen (secondary N) is 1. The van der Waals surface area contributed by atoms with E-state index in [9.17, 15) is 18.0 Å². The number of anilines is 1. The summed E-state index contributed by atoms with van der Waals surface area (Å²) in [7, 11) is 0. The molecule has 102 valence electrons. The Bertz CT molecular complexity index is 571. The number of Topliss-reactive ketones (excluding diaryl/α,β-unsaturated/α-hetero) is 1. The van der Waals surface area contributed by atoms with E-state index in [-0.39, 0.29) is 11.3 Å². The largest absolute Gasteiger partial charge is 0.454 e. The number of fused-ring (bicyclic) bond motifs is 1. The van der Waals surface area contributed by atoms with Crippen molar-refractivity contribution < 1.29 is 18.0 Å². The SMILES string of the molecule is CC1=CC(C)(C)Nc2c(C(=O)C(F)(F)F)cccc21. The van der Waals surface area contributed by atoms with Gasteiger partial charge in [-0.25, -0.2) is 0 Å². The number of halogens is 3. The van der Waals surface area contributed by atoms with E-state index < -0.39 is 17.5 Å². The third-order valence-electron chi connectivity index (χ3n) is 3.02. The molecule has 2 nitrogen and oxygen atoms in total. The number of carbonyl (C=O) groups is 1. The third kappa shape index (κ3) is 2.50. The summed E-state index contributed by atoms with van der Waals surface area (Å²) >= 11 is 0. The zero-order chi connectivity index (χ0) is 14.4. The number of carbonyl (C=O) groups excluding carboxylic acids is 1. The van der Waals surface area contributed by atoms with E-state index in [1.54, 1.807) is 6.07 Å². The fourth-order valence-corrected chi connectivity index (χ4v) is 2.33. The monoisotopic (exact) mass is 269 g/mol. The minimum absolute atomic E-state index is 0.259. The number of benzene rings is 1. The fourth-order valence-electron chi connectivity index (χ4n) is 2.33. The molecule has 5 heteroatoms. The molecule has 0 unspecified atom stereocenters. The molecule has 0 fully saturated rings. The second-order valence-corrected chi connectivity index (χ2v) is 5.23. The summed E-state index contributed by atoms with van der Waals surface area (Å²) in [6.07, 6.45) is -2.94. The van der Waals surface area contributed by atoms with E-state index >= 15 is 0 Å². The first-order valence-corrected chi connectivity index (χ1v) is 5.84. The molecule has 1 heterocycles. The lowest BCUT2D eigenvalue weighted by molar-refractivity contribution is -0.0884. The van der Waals surface area contributed by atoms with E-state index in [1.807, 2.05) is 26.8 Å². The first-order chi connectivity index (χ1) is 8.62. The van der Waals surface area contributed by atoms with Gasteiger partial charge in [-0.05, 0) is 32.4 Å². The molecule has 1 aromatic carbocycles. The fraction of sp³-hybridized carbons (Fsp3) is 0.357. The second kappa shape index (κ2) is 4.11. The quantitative estimate of drug-likeness (QED) is 0.779. The van der Waals surface area contributed by atoms with Crippen molar-refractivity contribution in [2.24, 2.45) is 0 Å². The molecule has 0 radical (unpaired) electrons. The highest BCUT2D eigenvalue weighted by Crippen LogP contribution is 2.37. The third-order valence-corrected chi connectivity index (χ3v) is 3.02. The maximum Gasteiger partial charge on any atom is 0.454 e. The van der Waals surface area contributed by atoms with Crippen molar-refractivity contribution in [1.29, 1.82) is 0 Å². The van der Waals surface area contributed by atoms with Crippen molar-refractivity contribution in [3.63, 3.8) is 0 Å². The van der Waals surface area contributed by atoms with Crippen molar-refractivity contribution in [3.8, 4) is 0 Å². The summed E-state index contributed by atoms with van der Waals surface area (Å²) in [6.45, 7) is 5.51. The van der Waals surface area contributed by atoms with Gasteiger partial charge in [0.05, 0.1) is 16.8 Å². The second-order valence-electron chi connectivity index (χ2n) is 5.23. The zero-order valence-electron chi connectivity index (χ0n) is 10.9. The molecule has 0 atom stereocenters. The van der Waals surface area contributed by atoms with Gasteiger partial charge in [-0.15, -0.1) is 0 Å². The number of para-hydroxylation sites is 1. The van der Waals surface area contributed by atoms with Gasteiger partial charge in [-0.3, -0.25) is 4.79 Å². The Morgan fingerprint density at radius 3 is 2.47 bits per heavy atom. The van der Waals surface area contributed by atoms with Crippen LogP contribution in [-0.2, 0) is 0 Å². The lowest BCUT2D eigenvalue weighted by atomic mass is 9.88. The number of hydrogen-bond donors (Lipinski definition) is 1. The molecule has 1 aliphatic heterocycles. The van der Waals surface area contributed by atoms with E-state index in [1.165, 1.54) is 12.1 Å². The van der Waals surface area contributed by atoms with Gasteiger partial charge in [-0.1, -0.05) is 18.2 Å². The standard InChI is InChI=1S/C14H14F3NO/c1-8-7-13(2,3)18-11-9(8)5-4-6-10(11)12(19)14(15,16)17/h4-7,18H,1-3H3. The first-order valence-electron chi connectivity index (χ1n) is 5.84. The molecule has 19 heavy (non-hydrogen) atoms. The van der Waals surface area contributed by atoms with Gasteiger partial charge in [0.1, 0.15) is 0 Å². The van der Waals surface area contributed by atoms with Crippen molar-refractivity contribution in [1.82, 2.24) is 0 Å². The van der Waals surface area contributed by atoms with Crippen LogP contribution in [0.15, 0.2) is 24.3 Å². The number of allylic oxidation sites excluding steroid dienone is 1. The average Bonchev–Trinajstić information content (AvgIpc) is 2.24. The van der Waals surface area contributed by atoms with Crippen molar-refractivity contribution in [2.75, 3.05) is 5.32 Å². The summed E-state index contributed by atoms with van der Waals surface area (Å²) in [4.78, 5) is 11.5. The summed E-state index contributed by atoms with van der Waals surface area (Å²) in [5, 5.41) is 2.99. The van der Waals surface area contributed by atoms with Crippen LogP contribution >= 0.6 is 0 Å². The van der Waals surface area contributed by atoms with Crippen LogP contribution < -0.4 is 5.32 Å². The Balaban J connectivity index is 2.61. The van der Waals surface area contributed by atoms with Gasteiger partial charge in [0, 0.05) is 5.56 Å². The molecule has 1 aromatic rings. The summed E-state index contributed by atoms with van der Waals surface area (Å²) < 4.78 is 37.8. The van der Waals surface area contributed by atoms with Gasteiger partial charge >= 0.3 is 6.18 Å². The smallest absolute Gasteiger partial charge is 0.376 e. The van der Waals surface area contributed by atoms with Crippen LogP contribution in [0.1, 0.15) is 36.7 Å². The van der Waals surface area contributed by atoms with E-state index in [4.69, 9.17) is 0 Å². The number of ketones is 1. The summed E-state index contributed by atoms with van der Waals surface area (Å²) in [5.41, 5.74) is 0.935. The lowest BCUT2D eigenvalue weighted by Gasteiger charge is -2.32. The Morgan fingerprint density at radius 1 is 1.26 bits per heavy atom. The van der Waals surface area contributed by atoms with E-state index in [0.717, 1.165) is 5.57 Å². The van der Waals surface area contributed by atoms with Crippen molar-refractivity contribution >= 4 is 17.0 Å². The average molecular weight is 269 g/mol. The summed E-state index contributed by atoms with van der Waals surface area (Å²) in [6, 6.07) is 4.38. The number of hydrogen-bond acceptors (Lipinski definition) is 2. The molecule has 0 bridgehead atoms. The molecule has 0 amide bonds. The minimum Gasteiger partial charge on any atom is -0.376 e. The maximum atomic E-state index is 12.6. The van der Waals surface area contributed by atoms with Crippen LogP contribution in [0.4, 0.5) is 18.9 Å². The molecule has 0 spiro atoms. The minimum atomic E-state index is -4.87. The molecular formula is C14H14F3NO. The molecule has 0 saturated heterocycles. The molecule has 1 aliphatic rings. The van der Waals surface area contributed by atoms with Crippen LogP contribution in [0, 0.1) is 0 Å². The summed E-state index contributed by atoms with van der Waals surface area (Å²) in [5.74, 6) is -1.82. The van der Waals surface area contributed by atoms with Gasteiger partial charge in [0.15, 0.2) is 0 Å². The maximum absolute atomic E-state index is 12.6. The molecule has 1 N–H and O–H groups in total. The normalized spacial score (nSPS) is 17.3. The van der Waals surface area contributed by atoms with Crippen LogP contribution in [-0.4, -0.2) is 17.5 Å². The number of rotatable bonds is 1. The van der Waals surface area contributed by atoms with Gasteiger partial charge in [-0.2, -0.15) is 13.2 Å². The van der Waals surface area contributed by atoms with E-state index in [2.05, 4.69) is 5.32 Å². The van der Waals surface area contributed by atoms with Gasteiger partial charge in [0.25, 0.3) is 5.78 Å². The molecule has 0 aliphatic carbocycles. The molecular weight excluding hydrogens is 255 g/mol. The van der Waals surface area contributed by atoms with Crippen molar-refractivity contribution in [3.05, 3.63) is 35.4 Å². The highest BCUT2D eigenvalue weighted by Gasteiger charge is 2.41. The van der Waals surface area contributed by atoms with E-state index in [0.29, 0.717) is 5.56 Å². The van der Waals surface area contributed by atoms with Crippen LogP contribution in [0.5, 0.6) is 0 Å². The first kappa shape index (κ1) is 13.6. The lowest BCUT2D eigenvalue weighted by Crippen LogP contribution is -2.34. The molecule has 0 aromatic heterocycles. The molecule has 2 rings (SSSR count). The Kier molecular flexibility index (Phi) is 2.96. The Morgan fingerprint density at radius 2 is 1.89 bits per heavy atom. The molecule has 0 saturated carbocycles. The van der Waals surface area contributed by atoms with Crippen LogP contribution in [0.25, 0.3) is 5.57 Å². The predicted octanol–water partition coefficient (Wildman–Crippen LogP) is 4.04. The zero-order valence-corrected chi connectivity index (χ0v) is 10.9. The van der Waals surface area contributed by atoms with Gasteiger partial charge < -0.3 is 5.32 Å². The highest BCUT2D eigenvalue weighted by atomic mass is 19.4. The Labute approximate surface area is 109 Å². The topological polar surface area (TPSA) is 29.1 Å². The van der Waals surface area contributed by atoms with Crippen molar-refractivity contribution in [2.45, 2.75) is 32.5 Å². The van der Waals surface area contributed by atoms with Crippen LogP contribution in [0.3, 0.4) is 0 Å². The number of alkyl halides is 3. The highest BCUT2D eigenvalue weighted by molar-refractivity contribution is 6.07. The van der Waals surface area contributed by atoms with Gasteiger partial charge in [0.2, 0.25) is 0 Å². The predicted molar refractivity (Wildman–Crippen MR) is 68.2 cm³/mol.